The van der Waals surface area contributed by atoms with E-state index in [0.29, 0.717) is 6.61 Å². The maximum absolute atomic E-state index is 12.1. The maximum Gasteiger partial charge on any atom is 0.347 e. The van der Waals surface area contributed by atoms with Gasteiger partial charge in [0.2, 0.25) is 5.78 Å². The van der Waals surface area contributed by atoms with Crippen molar-refractivity contribution in [2.45, 2.75) is 52.4 Å². The zero-order valence-corrected chi connectivity index (χ0v) is 11.9. The first-order valence-electron chi connectivity index (χ1n) is 7.16. The highest BCUT2D eigenvalue weighted by atomic mass is 16.5. The summed E-state index contributed by atoms with van der Waals surface area (Å²) in [4.78, 5) is 23.7. The number of carbonyl (C=O) groups is 2. The van der Waals surface area contributed by atoms with Gasteiger partial charge < -0.3 is 4.74 Å². The van der Waals surface area contributed by atoms with Gasteiger partial charge in [-0.3, -0.25) is 10.1 Å². The van der Waals surface area contributed by atoms with Crippen LogP contribution in [0.2, 0.25) is 0 Å². The Morgan fingerprint density at radius 1 is 1.16 bits per heavy atom. The third kappa shape index (κ3) is 4.99. The van der Waals surface area contributed by atoms with E-state index in [0.717, 1.165) is 24.8 Å². The number of quaternary nitrogens is 1. The first kappa shape index (κ1) is 15.6. The molecule has 0 saturated heterocycles. The van der Waals surface area contributed by atoms with Crippen molar-refractivity contribution < 1.29 is 19.6 Å². The van der Waals surface area contributed by atoms with Crippen LogP contribution >= 0.6 is 0 Å². The van der Waals surface area contributed by atoms with E-state index in [2.05, 4.69) is 6.92 Å². The van der Waals surface area contributed by atoms with Gasteiger partial charge in [0.25, 0.3) is 0 Å². The van der Waals surface area contributed by atoms with Crippen LogP contribution < -0.4 is 5.32 Å². The largest absolute Gasteiger partial charge is 0.462 e. The number of rotatable bonds is 8. The van der Waals surface area contributed by atoms with Crippen LogP contribution in [-0.2, 0) is 14.3 Å². The molecule has 4 heteroatoms. The fourth-order valence-electron chi connectivity index (χ4n) is 2.07. The summed E-state index contributed by atoms with van der Waals surface area (Å²) in [7, 11) is 0. The summed E-state index contributed by atoms with van der Waals surface area (Å²) in [6.45, 7) is 4.21. The average molecular weight is 266 g/mol. The van der Waals surface area contributed by atoms with Gasteiger partial charge in [0.1, 0.15) is 12.4 Å². The molecule has 1 heterocycles. The molecule has 0 aromatic carbocycles. The van der Waals surface area contributed by atoms with Crippen LogP contribution in [0.25, 0.3) is 0 Å². The minimum absolute atomic E-state index is 0.160. The van der Waals surface area contributed by atoms with Gasteiger partial charge in [-0.05, 0) is 19.8 Å². The van der Waals surface area contributed by atoms with Crippen molar-refractivity contribution >= 4 is 11.8 Å². The monoisotopic (exact) mass is 266 g/mol. The van der Waals surface area contributed by atoms with E-state index in [9.17, 15) is 9.59 Å². The molecule has 0 aromatic heterocycles. The van der Waals surface area contributed by atoms with Crippen LogP contribution in [0, 0.1) is 0 Å². The topological polar surface area (TPSA) is 60.0 Å². The minimum atomic E-state index is -0.514. The Hall–Kier alpha value is -1.42. The Kier molecular flexibility index (Phi) is 7.11. The number of nitrogens with two attached hydrogens (primary N) is 1. The van der Waals surface area contributed by atoms with Gasteiger partial charge in [0, 0.05) is 0 Å². The lowest BCUT2D eigenvalue weighted by Gasteiger charge is -2.11. The van der Waals surface area contributed by atoms with Crippen LogP contribution in [-0.4, -0.2) is 18.4 Å². The molecule has 0 saturated carbocycles. The molecular formula is C15H24NO3+. The Morgan fingerprint density at radius 3 is 2.58 bits per heavy atom. The van der Waals surface area contributed by atoms with E-state index in [-0.39, 0.29) is 11.4 Å². The number of unbranched alkanes of at least 4 members (excludes halogenated alkanes) is 4. The number of allylic oxidation sites excluding steroid dienone is 1. The van der Waals surface area contributed by atoms with Gasteiger partial charge in [-0.1, -0.05) is 32.6 Å². The van der Waals surface area contributed by atoms with E-state index in [1.165, 1.54) is 19.3 Å². The number of hydrogen-bond donors (Lipinski definition) is 1. The maximum atomic E-state index is 12.1. The molecule has 19 heavy (non-hydrogen) atoms. The number of carbonyl (C=O) groups excluding carboxylic acids is 2. The molecule has 0 bridgehead atoms. The molecule has 0 radical (unpaired) electrons. The number of hydrogen-bond acceptors (Lipinski definition) is 3. The third-order valence-corrected chi connectivity index (χ3v) is 3.14. The van der Waals surface area contributed by atoms with Crippen LogP contribution in [0.1, 0.15) is 52.4 Å². The second-order valence-electron chi connectivity index (χ2n) is 4.68. The molecule has 0 aromatic rings. The van der Waals surface area contributed by atoms with Gasteiger partial charge in [-0.2, -0.15) is 0 Å². The summed E-state index contributed by atoms with van der Waals surface area (Å²) < 4.78 is 4.88. The predicted octanol–water partition coefficient (Wildman–Crippen LogP) is 1.82. The predicted molar refractivity (Wildman–Crippen MR) is 73.1 cm³/mol. The lowest BCUT2D eigenvalue weighted by molar-refractivity contribution is -0.516. The molecule has 4 nitrogen and oxygen atoms in total. The molecule has 0 amide bonds. The molecule has 1 aliphatic rings. The van der Waals surface area contributed by atoms with Crippen molar-refractivity contribution in [3.8, 4) is 0 Å². The first-order valence-corrected chi connectivity index (χ1v) is 7.16. The van der Waals surface area contributed by atoms with Gasteiger partial charge in [-0.15, -0.1) is 0 Å². The highest BCUT2D eigenvalue weighted by Crippen LogP contribution is 2.16. The fraction of sp³-hybridized carbons (Fsp3) is 0.600. The van der Waals surface area contributed by atoms with Gasteiger partial charge in [-0.25, -0.2) is 4.79 Å². The fourth-order valence-corrected chi connectivity index (χ4v) is 2.07. The molecular weight excluding hydrogens is 242 g/mol. The summed E-state index contributed by atoms with van der Waals surface area (Å²) in [5.41, 5.74) is 0.884. The van der Waals surface area contributed by atoms with Gasteiger partial charge in [0.05, 0.1) is 12.2 Å². The molecule has 0 unspecified atom stereocenters. The van der Waals surface area contributed by atoms with Crippen molar-refractivity contribution in [1.82, 2.24) is 0 Å². The number of esters is 1. The second-order valence-corrected chi connectivity index (χ2v) is 4.68. The Labute approximate surface area is 114 Å². The molecule has 1 aliphatic heterocycles. The van der Waals surface area contributed by atoms with E-state index >= 15 is 0 Å². The highest BCUT2D eigenvalue weighted by molar-refractivity contribution is 6.23. The Bertz CT molecular complexity index is 383. The number of ketones is 1. The van der Waals surface area contributed by atoms with Crippen molar-refractivity contribution in [1.29, 1.82) is 0 Å². The highest BCUT2D eigenvalue weighted by Gasteiger charge is 2.27. The normalized spacial score (nSPS) is 14.9. The van der Waals surface area contributed by atoms with Crippen LogP contribution in [0.4, 0.5) is 0 Å². The van der Waals surface area contributed by atoms with Crippen LogP contribution in [0.15, 0.2) is 23.5 Å². The Morgan fingerprint density at radius 2 is 1.89 bits per heavy atom. The second kappa shape index (κ2) is 8.64. The van der Waals surface area contributed by atoms with Crippen LogP contribution in [0.5, 0.6) is 0 Å². The zero-order chi connectivity index (χ0) is 14.1. The standard InChI is InChI=1S/C15H23NO3/c1-3-5-6-7-8-9-12-10-16-11-13(14(12)17)15(18)19-4-2/h10-11H,3-9H2,1-2H3,(H,16,17)/p+1. The Balaban J connectivity index is 2.42. The summed E-state index contributed by atoms with van der Waals surface area (Å²) in [6.07, 6.45) is 9.90. The lowest BCUT2D eigenvalue weighted by atomic mass is 9.97. The van der Waals surface area contributed by atoms with E-state index in [1.54, 1.807) is 18.4 Å². The molecule has 0 atom stereocenters. The summed E-state index contributed by atoms with van der Waals surface area (Å²) in [5.74, 6) is -0.684. The molecule has 0 aliphatic carbocycles. The zero-order valence-electron chi connectivity index (χ0n) is 11.9. The van der Waals surface area contributed by atoms with Gasteiger partial charge >= 0.3 is 5.97 Å². The summed E-state index contributed by atoms with van der Waals surface area (Å²) in [6, 6.07) is 0. The lowest BCUT2D eigenvalue weighted by Crippen LogP contribution is -2.73. The average Bonchev–Trinajstić information content (AvgIpc) is 2.40. The van der Waals surface area contributed by atoms with E-state index in [4.69, 9.17) is 4.74 Å². The molecule has 2 N–H and O–H groups in total. The minimum Gasteiger partial charge on any atom is -0.462 e. The quantitative estimate of drug-likeness (QED) is 0.414. The van der Waals surface area contributed by atoms with Crippen molar-refractivity contribution in [3.05, 3.63) is 23.5 Å². The van der Waals surface area contributed by atoms with Gasteiger partial charge in [0.15, 0.2) is 5.57 Å². The molecule has 1 rings (SSSR count). The smallest absolute Gasteiger partial charge is 0.347 e. The van der Waals surface area contributed by atoms with Crippen molar-refractivity contribution in [2.75, 3.05) is 6.61 Å². The third-order valence-electron chi connectivity index (χ3n) is 3.14. The number of ether oxygens (including phenoxy) is 1. The first-order chi connectivity index (χ1) is 9.20. The van der Waals surface area contributed by atoms with Crippen molar-refractivity contribution in [3.63, 3.8) is 0 Å². The van der Waals surface area contributed by atoms with Crippen molar-refractivity contribution in [2.24, 2.45) is 0 Å². The van der Waals surface area contributed by atoms with E-state index in [1.807, 2.05) is 6.20 Å². The summed E-state index contributed by atoms with van der Waals surface area (Å²) >= 11 is 0. The molecule has 106 valence electrons. The summed E-state index contributed by atoms with van der Waals surface area (Å²) in [5, 5.41) is 1.76. The molecule has 0 spiro atoms. The molecule has 0 fully saturated rings. The van der Waals surface area contributed by atoms with E-state index < -0.39 is 5.97 Å². The van der Waals surface area contributed by atoms with Crippen LogP contribution in [0.3, 0.4) is 0 Å². The number of Topliss-reactive ketones (excluding diaryl/α,β-unsaturated/α-hetero) is 1. The SMILES string of the molecule is CCCCCCCC1=C[NH2+]C=C(C(=O)OCC)C1=O.